The van der Waals surface area contributed by atoms with Crippen molar-refractivity contribution >= 4 is 17.5 Å². The summed E-state index contributed by atoms with van der Waals surface area (Å²) in [6, 6.07) is 4.99. The van der Waals surface area contributed by atoms with Gasteiger partial charge in [0.25, 0.3) is 11.8 Å². The Morgan fingerprint density at radius 3 is 2.61 bits per heavy atom. The molecule has 3 N–H and O–H groups in total. The van der Waals surface area contributed by atoms with Crippen molar-refractivity contribution in [1.82, 2.24) is 4.98 Å². The molecule has 3 rings (SSSR count). The van der Waals surface area contributed by atoms with E-state index in [4.69, 9.17) is 15.2 Å². The number of carbonyl (C=O) groups is 2. The van der Waals surface area contributed by atoms with E-state index in [2.05, 4.69) is 10.3 Å². The monoisotopic (exact) mass is 469 g/mol. The van der Waals surface area contributed by atoms with Crippen molar-refractivity contribution in [1.29, 1.82) is 0 Å². The molecule has 0 aliphatic carbocycles. The fraction of sp³-hybridized carbons (Fsp3) is 0.409. The Morgan fingerprint density at radius 1 is 1.33 bits per heavy atom. The standard InChI is InChI=1S/C22H23F4N3O4/c1-4-12-15(23)6-5-13(17(12)32-3)14-10-21(2,22(24,25)26)33-18(14)20(31)29-11-7-8-28-16(9-11)19(27)30/h5-9,14,18H,4,10H2,1-3H3,(H2,27,30)(H,28,29,31)/t14-,18-,21-/m0/s1. The van der Waals surface area contributed by atoms with Crippen LogP contribution in [0.25, 0.3) is 0 Å². The van der Waals surface area contributed by atoms with E-state index in [1.165, 1.54) is 31.5 Å². The van der Waals surface area contributed by atoms with Gasteiger partial charge >= 0.3 is 6.18 Å². The number of ether oxygens (including phenoxy) is 2. The molecule has 1 aliphatic rings. The van der Waals surface area contributed by atoms with Crippen LogP contribution in [0.5, 0.6) is 5.75 Å². The molecule has 0 saturated carbocycles. The van der Waals surface area contributed by atoms with Crippen molar-refractivity contribution in [3.63, 3.8) is 0 Å². The summed E-state index contributed by atoms with van der Waals surface area (Å²) >= 11 is 0. The predicted molar refractivity (Wildman–Crippen MR) is 110 cm³/mol. The highest BCUT2D eigenvalue weighted by molar-refractivity contribution is 5.97. The van der Waals surface area contributed by atoms with Crippen molar-refractivity contribution in [2.75, 3.05) is 12.4 Å². The van der Waals surface area contributed by atoms with Gasteiger partial charge in [-0.25, -0.2) is 4.39 Å². The maximum atomic E-state index is 14.3. The van der Waals surface area contributed by atoms with Gasteiger partial charge in [-0.3, -0.25) is 14.6 Å². The summed E-state index contributed by atoms with van der Waals surface area (Å²) in [5.74, 6) is -3.29. The Morgan fingerprint density at radius 2 is 2.03 bits per heavy atom. The van der Waals surface area contributed by atoms with Gasteiger partial charge in [-0.05, 0) is 38.0 Å². The predicted octanol–water partition coefficient (Wildman–Crippen LogP) is 3.72. The quantitative estimate of drug-likeness (QED) is 0.628. The molecule has 3 atom stereocenters. The van der Waals surface area contributed by atoms with E-state index >= 15 is 0 Å². The molecule has 11 heteroatoms. The van der Waals surface area contributed by atoms with E-state index in [1.54, 1.807) is 6.92 Å². The molecule has 1 aliphatic heterocycles. The number of nitrogens with two attached hydrogens (primary N) is 1. The van der Waals surface area contributed by atoms with E-state index in [1.807, 2.05) is 0 Å². The summed E-state index contributed by atoms with van der Waals surface area (Å²) in [7, 11) is 1.29. The van der Waals surface area contributed by atoms with Crippen molar-refractivity contribution in [3.8, 4) is 5.75 Å². The molecular formula is C22H23F4N3O4. The number of amides is 2. The number of aromatic nitrogens is 1. The van der Waals surface area contributed by atoms with Gasteiger partial charge in [0.05, 0.1) is 7.11 Å². The third-order valence-corrected chi connectivity index (χ3v) is 5.69. The average molecular weight is 469 g/mol. The van der Waals surface area contributed by atoms with Crippen molar-refractivity contribution in [3.05, 3.63) is 53.1 Å². The van der Waals surface area contributed by atoms with Gasteiger partial charge in [0, 0.05) is 28.9 Å². The zero-order chi connectivity index (χ0) is 24.6. The van der Waals surface area contributed by atoms with Gasteiger partial charge in [0.2, 0.25) is 0 Å². The lowest BCUT2D eigenvalue weighted by atomic mass is 9.84. The normalized spacial score (nSPS) is 22.8. The third-order valence-electron chi connectivity index (χ3n) is 5.69. The second-order valence-corrected chi connectivity index (χ2v) is 7.86. The van der Waals surface area contributed by atoms with Crippen LogP contribution in [-0.4, -0.2) is 41.8 Å². The SMILES string of the molecule is CCc1c(F)ccc([C@@H]2C[C@@](C)(C(F)(F)F)O[C@@H]2C(=O)Nc2ccnc(C(N)=O)c2)c1OC. The third kappa shape index (κ3) is 4.63. The lowest BCUT2D eigenvalue weighted by molar-refractivity contribution is -0.261. The number of nitrogens with zero attached hydrogens (tertiary/aromatic N) is 1. The van der Waals surface area contributed by atoms with Gasteiger partial charge in [-0.15, -0.1) is 0 Å². The Hall–Kier alpha value is -3.21. The van der Waals surface area contributed by atoms with Crippen LogP contribution in [0.1, 0.15) is 47.8 Å². The molecule has 1 aromatic heterocycles. The number of hydrogen-bond acceptors (Lipinski definition) is 5. The lowest BCUT2D eigenvalue weighted by Gasteiger charge is -2.27. The zero-order valence-electron chi connectivity index (χ0n) is 18.1. The second-order valence-electron chi connectivity index (χ2n) is 7.86. The zero-order valence-corrected chi connectivity index (χ0v) is 18.1. The van der Waals surface area contributed by atoms with Crippen LogP contribution in [0, 0.1) is 5.82 Å². The number of hydrogen-bond donors (Lipinski definition) is 2. The Labute approximate surface area is 187 Å². The van der Waals surface area contributed by atoms with Crippen LogP contribution in [0.15, 0.2) is 30.5 Å². The number of carbonyl (C=O) groups excluding carboxylic acids is 2. The van der Waals surface area contributed by atoms with Gasteiger partial charge in [0.1, 0.15) is 23.4 Å². The maximum absolute atomic E-state index is 14.3. The molecule has 0 unspecified atom stereocenters. The summed E-state index contributed by atoms with van der Waals surface area (Å²) in [6.45, 7) is 2.54. The van der Waals surface area contributed by atoms with Crippen LogP contribution in [0.3, 0.4) is 0 Å². The number of rotatable bonds is 6. The lowest BCUT2D eigenvalue weighted by Crippen LogP contribution is -2.43. The molecule has 2 heterocycles. The number of methoxy groups -OCH3 is 1. The molecule has 0 bridgehead atoms. The molecule has 0 spiro atoms. The molecule has 178 valence electrons. The minimum atomic E-state index is -4.77. The highest BCUT2D eigenvalue weighted by Crippen LogP contribution is 2.51. The van der Waals surface area contributed by atoms with Gasteiger partial charge in [-0.2, -0.15) is 13.2 Å². The largest absolute Gasteiger partial charge is 0.496 e. The van der Waals surface area contributed by atoms with Gasteiger partial charge < -0.3 is 20.5 Å². The van der Waals surface area contributed by atoms with Crippen LogP contribution in [0.4, 0.5) is 23.2 Å². The van der Waals surface area contributed by atoms with E-state index in [0.29, 0.717) is 0 Å². The molecule has 0 radical (unpaired) electrons. The highest BCUT2D eigenvalue weighted by atomic mass is 19.4. The molecular weight excluding hydrogens is 446 g/mol. The fourth-order valence-corrected chi connectivity index (χ4v) is 3.97. The molecule has 1 fully saturated rings. The summed E-state index contributed by atoms with van der Waals surface area (Å²) in [5.41, 5.74) is 2.95. The van der Waals surface area contributed by atoms with Crippen molar-refractivity contribution in [2.24, 2.45) is 5.73 Å². The van der Waals surface area contributed by atoms with E-state index in [0.717, 1.165) is 13.0 Å². The number of alkyl halides is 3. The summed E-state index contributed by atoms with van der Waals surface area (Å²) < 4.78 is 66.4. The van der Waals surface area contributed by atoms with Crippen molar-refractivity contribution < 1.29 is 36.6 Å². The molecule has 2 aromatic rings. The van der Waals surface area contributed by atoms with Crippen LogP contribution in [0.2, 0.25) is 0 Å². The molecule has 1 aromatic carbocycles. The first-order valence-corrected chi connectivity index (χ1v) is 10.1. The fourth-order valence-electron chi connectivity index (χ4n) is 3.97. The smallest absolute Gasteiger partial charge is 0.417 e. The van der Waals surface area contributed by atoms with Crippen molar-refractivity contribution in [2.45, 2.75) is 50.5 Å². The number of benzene rings is 1. The van der Waals surface area contributed by atoms with Crippen LogP contribution < -0.4 is 15.8 Å². The first-order valence-electron chi connectivity index (χ1n) is 10.1. The molecule has 33 heavy (non-hydrogen) atoms. The number of halogens is 4. The van der Waals surface area contributed by atoms with E-state index in [-0.39, 0.29) is 34.7 Å². The Bertz CT molecular complexity index is 1080. The van der Waals surface area contributed by atoms with Gasteiger partial charge in [-0.1, -0.05) is 13.0 Å². The Kier molecular flexibility index (Phi) is 6.64. The topological polar surface area (TPSA) is 104 Å². The summed E-state index contributed by atoms with van der Waals surface area (Å²) in [4.78, 5) is 28.2. The number of nitrogens with one attached hydrogen (secondary N) is 1. The highest BCUT2D eigenvalue weighted by Gasteiger charge is 2.61. The average Bonchev–Trinajstić information content (AvgIpc) is 3.12. The number of anilines is 1. The minimum Gasteiger partial charge on any atom is -0.496 e. The summed E-state index contributed by atoms with van der Waals surface area (Å²) in [5, 5.41) is 2.45. The first-order chi connectivity index (χ1) is 15.4. The minimum absolute atomic E-state index is 0.0789. The first kappa shape index (κ1) is 24.4. The van der Waals surface area contributed by atoms with Crippen LogP contribution in [-0.2, 0) is 16.0 Å². The summed E-state index contributed by atoms with van der Waals surface area (Å²) in [6.07, 6.45) is -5.47. The van der Waals surface area contributed by atoms with Gasteiger partial charge in [0.15, 0.2) is 5.60 Å². The maximum Gasteiger partial charge on any atom is 0.417 e. The Balaban J connectivity index is 2.03. The van der Waals surface area contributed by atoms with Crippen LogP contribution >= 0.6 is 0 Å². The molecule has 2 amide bonds. The molecule has 1 saturated heterocycles. The second kappa shape index (κ2) is 8.97. The molecule has 7 nitrogen and oxygen atoms in total. The van der Waals surface area contributed by atoms with E-state index in [9.17, 15) is 27.2 Å². The number of pyridine rings is 1. The van der Waals surface area contributed by atoms with E-state index < -0.39 is 47.9 Å². The number of primary amides is 1.